The molecule has 0 bridgehead atoms. The summed E-state index contributed by atoms with van der Waals surface area (Å²) < 4.78 is 11.6. The van der Waals surface area contributed by atoms with Crippen molar-refractivity contribution in [1.82, 2.24) is 10.6 Å². The van der Waals surface area contributed by atoms with E-state index in [1.54, 1.807) is 7.11 Å². The lowest BCUT2D eigenvalue weighted by atomic mass is 10.1. The van der Waals surface area contributed by atoms with E-state index in [-0.39, 0.29) is 30.4 Å². The van der Waals surface area contributed by atoms with Gasteiger partial charge in [0, 0.05) is 0 Å². The van der Waals surface area contributed by atoms with Gasteiger partial charge in [-0.2, -0.15) is 0 Å². The van der Waals surface area contributed by atoms with Crippen LogP contribution in [-0.2, 0) is 4.79 Å². The number of nitrogens with one attached hydrogen (secondary N) is 2. The van der Waals surface area contributed by atoms with Gasteiger partial charge in [-0.05, 0) is 69.7 Å². The Kier molecular flexibility index (Phi) is 7.38. The van der Waals surface area contributed by atoms with Crippen LogP contribution in [0.4, 0.5) is 0 Å². The fourth-order valence-corrected chi connectivity index (χ4v) is 3.54. The summed E-state index contributed by atoms with van der Waals surface area (Å²) in [6, 6.07) is 5.83. The maximum Gasteiger partial charge on any atom is 0.237 e. The van der Waals surface area contributed by atoms with Crippen LogP contribution in [0, 0.1) is 0 Å². The van der Waals surface area contributed by atoms with E-state index in [9.17, 15) is 4.79 Å². The second-order valence-corrected chi connectivity index (χ2v) is 6.81. The fourth-order valence-electron chi connectivity index (χ4n) is 3.54. The lowest BCUT2D eigenvalue weighted by molar-refractivity contribution is -0.123. The van der Waals surface area contributed by atoms with Crippen LogP contribution in [0.1, 0.15) is 57.1 Å². The van der Waals surface area contributed by atoms with Crippen LogP contribution in [0.5, 0.6) is 11.5 Å². The first-order valence-corrected chi connectivity index (χ1v) is 9.05. The lowest BCUT2D eigenvalue weighted by Gasteiger charge is -2.20. The molecule has 5 nitrogen and oxygen atoms in total. The molecule has 2 unspecified atom stereocenters. The molecule has 1 aliphatic carbocycles. The van der Waals surface area contributed by atoms with Crippen LogP contribution in [0.15, 0.2) is 18.2 Å². The Balaban J connectivity index is 0.00000225. The van der Waals surface area contributed by atoms with Gasteiger partial charge < -0.3 is 20.1 Å². The molecular formula is C19H29ClN2O3. The Labute approximate surface area is 156 Å². The summed E-state index contributed by atoms with van der Waals surface area (Å²) in [5.41, 5.74) is 1.02. The molecular weight excluding hydrogens is 340 g/mol. The fraction of sp³-hybridized carbons (Fsp3) is 0.632. The average Bonchev–Trinajstić information content (AvgIpc) is 3.28. The summed E-state index contributed by atoms with van der Waals surface area (Å²) in [5.74, 6) is 1.61. The van der Waals surface area contributed by atoms with Crippen molar-refractivity contribution in [2.75, 3.05) is 13.7 Å². The Bertz CT molecular complexity index is 570. The number of carbonyl (C=O) groups excluding carboxylic acids is 1. The first-order valence-electron chi connectivity index (χ1n) is 9.05. The minimum absolute atomic E-state index is 0. The van der Waals surface area contributed by atoms with E-state index in [2.05, 4.69) is 10.6 Å². The summed E-state index contributed by atoms with van der Waals surface area (Å²) in [6.45, 7) is 2.92. The van der Waals surface area contributed by atoms with Crippen LogP contribution < -0.4 is 20.1 Å². The number of amides is 1. The predicted octanol–water partition coefficient (Wildman–Crippen LogP) is 3.37. The number of benzene rings is 1. The zero-order valence-corrected chi connectivity index (χ0v) is 15.9. The third-order valence-electron chi connectivity index (χ3n) is 5.02. The molecule has 3 rings (SSSR count). The van der Waals surface area contributed by atoms with Gasteiger partial charge in [0.05, 0.1) is 25.3 Å². The highest BCUT2D eigenvalue weighted by Gasteiger charge is 2.24. The van der Waals surface area contributed by atoms with Gasteiger partial charge in [0.25, 0.3) is 0 Å². The zero-order valence-electron chi connectivity index (χ0n) is 15.0. The van der Waals surface area contributed by atoms with Gasteiger partial charge in [-0.1, -0.05) is 6.07 Å². The van der Waals surface area contributed by atoms with Gasteiger partial charge in [0.2, 0.25) is 5.91 Å². The second-order valence-electron chi connectivity index (χ2n) is 6.81. The van der Waals surface area contributed by atoms with Crippen molar-refractivity contribution in [2.45, 2.75) is 63.6 Å². The van der Waals surface area contributed by atoms with Crippen LogP contribution >= 0.6 is 12.4 Å². The van der Waals surface area contributed by atoms with E-state index in [1.807, 2.05) is 25.1 Å². The normalized spacial score (nSPS) is 21.4. The van der Waals surface area contributed by atoms with Crippen LogP contribution in [0.25, 0.3) is 0 Å². The largest absolute Gasteiger partial charge is 0.493 e. The van der Waals surface area contributed by atoms with E-state index >= 15 is 0 Å². The zero-order chi connectivity index (χ0) is 16.9. The van der Waals surface area contributed by atoms with Crippen molar-refractivity contribution >= 4 is 18.3 Å². The molecule has 0 spiro atoms. The number of halogens is 1. The van der Waals surface area contributed by atoms with Crippen LogP contribution in [0.2, 0.25) is 0 Å². The van der Waals surface area contributed by atoms with Crippen molar-refractivity contribution in [3.63, 3.8) is 0 Å². The molecule has 2 N–H and O–H groups in total. The van der Waals surface area contributed by atoms with Crippen LogP contribution in [-0.4, -0.2) is 31.7 Å². The first-order chi connectivity index (χ1) is 11.7. The Hall–Kier alpha value is -1.46. The van der Waals surface area contributed by atoms with Gasteiger partial charge in [-0.3, -0.25) is 4.79 Å². The summed E-state index contributed by atoms with van der Waals surface area (Å²) in [7, 11) is 1.66. The second kappa shape index (κ2) is 9.30. The number of hydrogen-bond acceptors (Lipinski definition) is 4. The molecule has 25 heavy (non-hydrogen) atoms. The summed E-state index contributed by atoms with van der Waals surface area (Å²) in [6.07, 6.45) is 6.99. The van der Waals surface area contributed by atoms with Gasteiger partial charge in [0.15, 0.2) is 11.5 Å². The summed E-state index contributed by atoms with van der Waals surface area (Å²) >= 11 is 0. The molecule has 1 aliphatic heterocycles. The van der Waals surface area contributed by atoms with Gasteiger partial charge in [0.1, 0.15) is 0 Å². The minimum atomic E-state index is -0.0608. The topological polar surface area (TPSA) is 59.6 Å². The van der Waals surface area contributed by atoms with Crippen molar-refractivity contribution < 1.29 is 14.3 Å². The number of ether oxygens (including phenoxy) is 2. The van der Waals surface area contributed by atoms with Crippen LogP contribution in [0.3, 0.4) is 0 Å². The van der Waals surface area contributed by atoms with Gasteiger partial charge in [-0.15, -0.1) is 12.4 Å². The SMILES string of the molecule is COc1cc(C(C)NC(=O)C2CCCN2)ccc1OC1CCCC1.Cl. The highest BCUT2D eigenvalue weighted by Crippen LogP contribution is 2.33. The number of methoxy groups -OCH3 is 1. The Morgan fingerprint density at radius 3 is 2.60 bits per heavy atom. The average molecular weight is 369 g/mol. The molecule has 0 aromatic heterocycles. The molecule has 1 saturated carbocycles. The molecule has 1 heterocycles. The van der Waals surface area contributed by atoms with E-state index in [0.29, 0.717) is 6.10 Å². The molecule has 1 amide bonds. The van der Waals surface area contributed by atoms with Crippen molar-refractivity contribution in [1.29, 1.82) is 0 Å². The standard InChI is InChI=1S/C19H28N2O3.ClH/c1-13(21-19(22)16-8-5-11-20-16)14-9-10-17(18(12-14)23-2)24-15-6-3-4-7-15;/h9-10,12-13,15-16,20H,3-8,11H2,1-2H3,(H,21,22);1H. The van der Waals surface area contributed by atoms with Crippen molar-refractivity contribution in [3.8, 4) is 11.5 Å². The number of rotatable bonds is 6. The van der Waals surface area contributed by atoms with Gasteiger partial charge >= 0.3 is 0 Å². The molecule has 1 saturated heterocycles. The lowest BCUT2D eigenvalue weighted by Crippen LogP contribution is -2.41. The Morgan fingerprint density at radius 1 is 1.20 bits per heavy atom. The molecule has 6 heteroatoms. The summed E-state index contributed by atoms with van der Waals surface area (Å²) in [4.78, 5) is 12.3. The van der Waals surface area contributed by atoms with Crippen molar-refractivity contribution in [3.05, 3.63) is 23.8 Å². The van der Waals surface area contributed by atoms with E-state index in [1.165, 1.54) is 12.8 Å². The summed E-state index contributed by atoms with van der Waals surface area (Å²) in [5, 5.41) is 6.31. The van der Waals surface area contributed by atoms with Gasteiger partial charge in [-0.25, -0.2) is 0 Å². The third-order valence-corrected chi connectivity index (χ3v) is 5.02. The molecule has 140 valence electrons. The molecule has 2 atom stereocenters. The molecule has 2 aliphatic rings. The third kappa shape index (κ3) is 5.02. The monoisotopic (exact) mass is 368 g/mol. The Morgan fingerprint density at radius 2 is 1.96 bits per heavy atom. The highest BCUT2D eigenvalue weighted by atomic mass is 35.5. The molecule has 2 fully saturated rings. The minimum Gasteiger partial charge on any atom is -0.493 e. The molecule has 0 radical (unpaired) electrons. The van der Waals surface area contributed by atoms with E-state index in [0.717, 1.165) is 49.3 Å². The number of hydrogen-bond donors (Lipinski definition) is 2. The molecule has 1 aromatic carbocycles. The maximum absolute atomic E-state index is 12.3. The maximum atomic E-state index is 12.3. The highest BCUT2D eigenvalue weighted by molar-refractivity contribution is 5.85. The smallest absolute Gasteiger partial charge is 0.237 e. The molecule has 1 aromatic rings. The number of carbonyl (C=O) groups is 1. The predicted molar refractivity (Wildman–Crippen MR) is 101 cm³/mol. The van der Waals surface area contributed by atoms with Crippen molar-refractivity contribution in [2.24, 2.45) is 0 Å². The van der Waals surface area contributed by atoms with E-state index in [4.69, 9.17) is 9.47 Å². The first kappa shape index (κ1) is 19.9. The van der Waals surface area contributed by atoms with E-state index < -0.39 is 0 Å². The quantitative estimate of drug-likeness (QED) is 0.808.